The lowest BCUT2D eigenvalue weighted by Crippen LogP contribution is -1.79. The van der Waals surface area contributed by atoms with Crippen LogP contribution in [0.1, 0.15) is 25.0 Å². The van der Waals surface area contributed by atoms with Crippen molar-refractivity contribution in [3.05, 3.63) is 29.3 Å². The Balaban J connectivity index is 0.000000561. The lowest BCUT2D eigenvalue weighted by atomic mass is 10.1. The Labute approximate surface area is 73.1 Å². The fourth-order valence-electron chi connectivity index (χ4n) is 0.730. The second kappa shape index (κ2) is 5.20. The average molecular weight is 163 g/mol. The summed E-state index contributed by atoms with van der Waals surface area (Å²) in [6.45, 7) is 5.83. The van der Waals surface area contributed by atoms with Gasteiger partial charge in [-0.15, -0.1) is 0 Å². The summed E-state index contributed by atoms with van der Waals surface area (Å²) in [5, 5.41) is 17.4. The molecule has 0 atom stereocenters. The molecule has 12 heavy (non-hydrogen) atoms. The van der Waals surface area contributed by atoms with Gasteiger partial charge in [0.2, 0.25) is 0 Å². The van der Waals surface area contributed by atoms with E-state index in [1.807, 2.05) is 26.8 Å². The fraction of sp³-hybridized carbons (Fsp3) is 0.300. The third-order valence-electron chi connectivity index (χ3n) is 1.34. The summed E-state index contributed by atoms with van der Waals surface area (Å²) in [6.07, 6.45) is 0. The number of nitriles is 1. The Kier molecular flexibility index (Phi) is 4.55. The van der Waals surface area contributed by atoms with Crippen LogP contribution in [0.4, 0.5) is 0 Å². The Morgan fingerprint density at radius 3 is 2.33 bits per heavy atom. The van der Waals surface area contributed by atoms with Gasteiger partial charge in [-0.05, 0) is 24.6 Å². The first kappa shape index (κ1) is 10.5. The summed E-state index contributed by atoms with van der Waals surface area (Å²) >= 11 is 0. The highest BCUT2D eigenvalue weighted by atomic mass is 16.3. The third-order valence-corrected chi connectivity index (χ3v) is 1.34. The molecule has 0 aromatic heterocycles. The molecule has 0 aliphatic heterocycles. The van der Waals surface area contributed by atoms with Gasteiger partial charge in [0.25, 0.3) is 0 Å². The Morgan fingerprint density at radius 1 is 1.33 bits per heavy atom. The van der Waals surface area contributed by atoms with E-state index in [2.05, 4.69) is 0 Å². The number of aromatic hydroxyl groups is 1. The summed E-state index contributed by atoms with van der Waals surface area (Å²) in [5.74, 6) is 0.141. The van der Waals surface area contributed by atoms with Crippen LogP contribution in [-0.4, -0.2) is 5.11 Å². The predicted molar refractivity (Wildman–Crippen MR) is 48.9 cm³/mol. The molecular formula is C10H13NO. The lowest BCUT2D eigenvalue weighted by Gasteiger charge is -1.95. The zero-order chi connectivity index (χ0) is 9.56. The summed E-state index contributed by atoms with van der Waals surface area (Å²) in [6, 6.07) is 6.71. The first-order chi connectivity index (χ1) is 5.74. The normalized spacial score (nSPS) is 7.83. The maximum atomic E-state index is 8.92. The van der Waals surface area contributed by atoms with Gasteiger partial charge in [0.05, 0.1) is 11.6 Å². The highest BCUT2D eigenvalue weighted by molar-refractivity contribution is 5.41. The molecule has 2 heteroatoms. The number of aryl methyl sites for hydroxylation is 1. The molecule has 1 rings (SSSR count). The largest absolute Gasteiger partial charge is 0.508 e. The molecule has 0 heterocycles. The van der Waals surface area contributed by atoms with Gasteiger partial charge in [0.15, 0.2) is 0 Å². The van der Waals surface area contributed by atoms with Crippen molar-refractivity contribution < 1.29 is 5.11 Å². The molecule has 2 nitrogen and oxygen atoms in total. The Bertz CT molecular complexity index is 286. The van der Waals surface area contributed by atoms with Crippen molar-refractivity contribution in [1.29, 1.82) is 5.26 Å². The van der Waals surface area contributed by atoms with E-state index in [1.165, 1.54) is 6.07 Å². The molecule has 0 saturated carbocycles. The van der Waals surface area contributed by atoms with Crippen molar-refractivity contribution in [2.75, 3.05) is 0 Å². The van der Waals surface area contributed by atoms with E-state index in [9.17, 15) is 0 Å². The van der Waals surface area contributed by atoms with Crippen molar-refractivity contribution in [3.8, 4) is 11.8 Å². The molecular weight excluding hydrogens is 150 g/mol. The second-order valence-corrected chi connectivity index (χ2v) is 2.11. The molecule has 0 aliphatic carbocycles. The maximum Gasteiger partial charge on any atom is 0.116 e. The van der Waals surface area contributed by atoms with Crippen molar-refractivity contribution in [3.63, 3.8) is 0 Å². The van der Waals surface area contributed by atoms with Crippen LogP contribution in [0.5, 0.6) is 5.75 Å². The van der Waals surface area contributed by atoms with Crippen LogP contribution in [-0.2, 0) is 0 Å². The van der Waals surface area contributed by atoms with E-state index in [0.29, 0.717) is 5.56 Å². The number of phenols is 1. The van der Waals surface area contributed by atoms with Crippen LogP contribution in [0, 0.1) is 18.3 Å². The van der Waals surface area contributed by atoms with Crippen LogP contribution in [0.25, 0.3) is 0 Å². The molecule has 64 valence electrons. The topological polar surface area (TPSA) is 44.0 Å². The highest BCUT2D eigenvalue weighted by Crippen LogP contribution is 2.13. The third kappa shape index (κ3) is 2.63. The molecule has 0 bridgehead atoms. The predicted octanol–water partition coefficient (Wildman–Crippen LogP) is 2.60. The van der Waals surface area contributed by atoms with E-state index in [-0.39, 0.29) is 5.75 Å². The SMILES string of the molecule is CC.Cc1ccc(O)cc1C#N. The molecule has 0 saturated heterocycles. The quantitative estimate of drug-likeness (QED) is 0.638. The van der Waals surface area contributed by atoms with Crippen LogP contribution in [0.3, 0.4) is 0 Å². The number of hydrogen-bond acceptors (Lipinski definition) is 2. The van der Waals surface area contributed by atoms with Gasteiger partial charge in [0.1, 0.15) is 5.75 Å². The summed E-state index contributed by atoms with van der Waals surface area (Å²) in [7, 11) is 0. The summed E-state index contributed by atoms with van der Waals surface area (Å²) < 4.78 is 0. The smallest absolute Gasteiger partial charge is 0.116 e. The molecule has 1 N–H and O–H groups in total. The van der Waals surface area contributed by atoms with Crippen LogP contribution >= 0.6 is 0 Å². The summed E-state index contributed by atoms with van der Waals surface area (Å²) in [4.78, 5) is 0. The van der Waals surface area contributed by atoms with Gasteiger partial charge in [0, 0.05) is 0 Å². The van der Waals surface area contributed by atoms with Crippen molar-refractivity contribution in [1.82, 2.24) is 0 Å². The molecule has 1 aromatic carbocycles. The maximum absolute atomic E-state index is 8.92. The number of hydrogen-bond donors (Lipinski definition) is 1. The van der Waals surface area contributed by atoms with Crippen molar-refractivity contribution in [2.45, 2.75) is 20.8 Å². The van der Waals surface area contributed by atoms with E-state index < -0.39 is 0 Å². The minimum Gasteiger partial charge on any atom is -0.508 e. The van der Waals surface area contributed by atoms with E-state index >= 15 is 0 Å². The standard InChI is InChI=1S/C8H7NO.C2H6/c1-6-2-3-8(10)4-7(6)5-9;1-2/h2-4,10H,1H3;1-2H3. The molecule has 0 aliphatic rings. The van der Waals surface area contributed by atoms with E-state index in [4.69, 9.17) is 10.4 Å². The number of phenolic OH excluding ortho intramolecular Hbond substituents is 1. The van der Waals surface area contributed by atoms with Gasteiger partial charge in [-0.2, -0.15) is 5.26 Å². The molecule has 0 fully saturated rings. The summed E-state index contributed by atoms with van der Waals surface area (Å²) in [5.41, 5.74) is 1.42. The van der Waals surface area contributed by atoms with Crippen LogP contribution < -0.4 is 0 Å². The van der Waals surface area contributed by atoms with E-state index in [1.54, 1.807) is 12.1 Å². The van der Waals surface area contributed by atoms with E-state index in [0.717, 1.165) is 5.56 Å². The second-order valence-electron chi connectivity index (χ2n) is 2.11. The molecule has 0 radical (unpaired) electrons. The number of nitrogens with zero attached hydrogens (tertiary/aromatic N) is 1. The zero-order valence-corrected chi connectivity index (χ0v) is 7.63. The monoisotopic (exact) mass is 163 g/mol. The number of rotatable bonds is 0. The molecule has 0 unspecified atom stereocenters. The number of benzene rings is 1. The van der Waals surface area contributed by atoms with Crippen LogP contribution in [0.15, 0.2) is 18.2 Å². The van der Waals surface area contributed by atoms with Crippen LogP contribution in [0.2, 0.25) is 0 Å². The molecule has 1 aromatic rings. The minimum absolute atomic E-state index is 0.141. The molecule has 0 amide bonds. The van der Waals surface area contributed by atoms with Gasteiger partial charge in [-0.1, -0.05) is 19.9 Å². The van der Waals surface area contributed by atoms with Gasteiger partial charge in [-0.3, -0.25) is 0 Å². The zero-order valence-electron chi connectivity index (χ0n) is 7.63. The van der Waals surface area contributed by atoms with Gasteiger partial charge >= 0.3 is 0 Å². The van der Waals surface area contributed by atoms with Gasteiger partial charge in [-0.25, -0.2) is 0 Å². The first-order valence-corrected chi connectivity index (χ1v) is 3.94. The Morgan fingerprint density at radius 2 is 1.92 bits per heavy atom. The minimum atomic E-state index is 0.141. The van der Waals surface area contributed by atoms with Crippen molar-refractivity contribution in [2.24, 2.45) is 0 Å². The first-order valence-electron chi connectivity index (χ1n) is 3.94. The van der Waals surface area contributed by atoms with Gasteiger partial charge < -0.3 is 5.11 Å². The Hall–Kier alpha value is -1.49. The highest BCUT2D eigenvalue weighted by Gasteiger charge is 1.95. The average Bonchev–Trinajstić information content (AvgIpc) is 2.13. The molecule has 0 spiro atoms. The fourth-order valence-corrected chi connectivity index (χ4v) is 0.730. The van der Waals surface area contributed by atoms with Crippen molar-refractivity contribution >= 4 is 0 Å². The lowest BCUT2D eigenvalue weighted by molar-refractivity contribution is 0.475.